The van der Waals surface area contributed by atoms with E-state index in [0.29, 0.717) is 12.6 Å². The van der Waals surface area contributed by atoms with Gasteiger partial charge in [0.25, 0.3) is 0 Å². The average molecular weight is 550 g/mol. The molecule has 2 aromatic carbocycles. The molecule has 0 spiro atoms. The van der Waals surface area contributed by atoms with E-state index in [1.165, 1.54) is 6.42 Å². The topological polar surface area (TPSA) is 103 Å². The van der Waals surface area contributed by atoms with E-state index < -0.39 is 5.60 Å². The van der Waals surface area contributed by atoms with Crippen LogP contribution in [-0.2, 0) is 4.74 Å². The Hall–Kier alpha value is -4.05. The lowest BCUT2D eigenvalue weighted by molar-refractivity contribution is 0.0219. The van der Waals surface area contributed by atoms with Gasteiger partial charge in [0.05, 0.1) is 34.2 Å². The number of aromatic amines is 2. The highest BCUT2D eigenvalue weighted by atomic mass is 16.6. The first-order chi connectivity index (χ1) is 19.7. The zero-order valence-electron chi connectivity index (χ0n) is 24.0. The summed E-state index contributed by atoms with van der Waals surface area (Å²) >= 11 is 0. The van der Waals surface area contributed by atoms with E-state index in [1.54, 1.807) is 4.90 Å². The molecule has 2 aliphatic heterocycles. The zero-order chi connectivity index (χ0) is 28.3. The summed E-state index contributed by atoms with van der Waals surface area (Å²) in [6.07, 6.45) is 3.82. The molecule has 7 rings (SSSR count). The third-order valence-electron chi connectivity index (χ3n) is 8.21. The lowest BCUT2D eigenvalue weighted by Gasteiger charge is -2.27. The minimum atomic E-state index is -0.533. The number of ether oxygens (including phenoxy) is 1. The fraction of sp³-hybridized carbons (Fsp3) is 0.387. The molecule has 2 saturated heterocycles. The molecule has 10 heteroatoms. The van der Waals surface area contributed by atoms with Gasteiger partial charge in [-0.15, -0.1) is 0 Å². The van der Waals surface area contributed by atoms with Gasteiger partial charge in [0.1, 0.15) is 28.8 Å². The highest BCUT2D eigenvalue weighted by molar-refractivity contribution is 6.04. The van der Waals surface area contributed by atoms with Gasteiger partial charge in [0.15, 0.2) is 7.98 Å². The maximum atomic E-state index is 12.8. The first-order valence-corrected chi connectivity index (χ1v) is 14.5. The number of nitrogens with one attached hydrogen (secondary N) is 2. The number of fused-ring (bicyclic) bond motifs is 2. The molecule has 5 heterocycles. The number of hydrogen-bond acceptors (Lipinski definition) is 6. The van der Waals surface area contributed by atoms with Crippen molar-refractivity contribution in [1.29, 1.82) is 0 Å². The van der Waals surface area contributed by atoms with Gasteiger partial charge in [-0.3, -0.25) is 4.90 Å². The van der Waals surface area contributed by atoms with Gasteiger partial charge in [-0.25, -0.2) is 14.8 Å². The summed E-state index contributed by atoms with van der Waals surface area (Å²) in [5.41, 5.74) is 5.21. The first-order valence-electron chi connectivity index (χ1n) is 14.5. The Balaban J connectivity index is 1.13. The largest absolute Gasteiger partial charge is 0.456 e. The van der Waals surface area contributed by atoms with E-state index in [9.17, 15) is 4.79 Å². The van der Waals surface area contributed by atoms with Crippen molar-refractivity contribution >= 4 is 36.1 Å². The van der Waals surface area contributed by atoms with Gasteiger partial charge >= 0.3 is 6.09 Å². The highest BCUT2D eigenvalue weighted by Crippen LogP contribution is 2.35. The normalized spacial score (nSPS) is 20.0. The Bertz CT molecular complexity index is 1750. The SMILES string of the molecule is BN1CCC[C@H]1c1nc2ccc(-c3ccc(-c4ccc5nc([C@@H]6CCCN6C(=O)OC(C)(C)C)[nH]c5c4)o3)cc2[nH]1. The van der Waals surface area contributed by atoms with E-state index in [1.807, 2.05) is 45.0 Å². The van der Waals surface area contributed by atoms with Gasteiger partial charge in [-0.05, 0) is 102 Å². The second-order valence-electron chi connectivity index (χ2n) is 12.3. The molecule has 2 N–H and O–H groups in total. The van der Waals surface area contributed by atoms with Crippen molar-refractivity contribution in [2.75, 3.05) is 13.1 Å². The number of imidazole rings is 2. The van der Waals surface area contributed by atoms with Crippen molar-refractivity contribution in [1.82, 2.24) is 29.6 Å². The Kier molecular flexibility index (Phi) is 6.19. The van der Waals surface area contributed by atoms with Gasteiger partial charge in [0.2, 0.25) is 0 Å². The molecule has 2 atom stereocenters. The van der Waals surface area contributed by atoms with Gasteiger partial charge < -0.3 is 23.9 Å². The van der Waals surface area contributed by atoms with Crippen molar-refractivity contribution in [3.05, 3.63) is 60.2 Å². The second-order valence-corrected chi connectivity index (χ2v) is 12.3. The van der Waals surface area contributed by atoms with Crippen LogP contribution < -0.4 is 0 Å². The predicted octanol–water partition coefficient (Wildman–Crippen LogP) is 6.12. The van der Waals surface area contributed by atoms with Gasteiger partial charge in [-0.2, -0.15) is 0 Å². The number of carbonyl (C=O) groups excluding carboxylic acids is 1. The number of carbonyl (C=O) groups is 1. The molecule has 0 aliphatic carbocycles. The summed E-state index contributed by atoms with van der Waals surface area (Å²) < 4.78 is 12.0. The standard InChI is InChI=1S/C31H35BN6O3/c1-31(2,3)41-30(39)37-14-4-6-24(37)28-33-20-10-8-18(16-22(20)35-28)26-12-13-27(40-26)19-9-11-21-23(17-19)36-29(34-21)25-7-5-15-38(25)32/h8-13,16-17,24-25H,4-7,14-15,32H2,1-3H3,(H,33,35)(H,34,36)/t24-,25-/m0/s1. The quantitative estimate of drug-likeness (QED) is 0.261. The van der Waals surface area contributed by atoms with Crippen LogP contribution in [0, 0.1) is 0 Å². The number of H-pyrrole nitrogens is 2. The van der Waals surface area contributed by atoms with Crippen LogP contribution in [0.1, 0.15) is 70.2 Å². The number of likely N-dealkylation sites (tertiary alicyclic amines) is 1. The van der Waals surface area contributed by atoms with Crippen LogP contribution in [0.4, 0.5) is 4.79 Å². The Morgan fingerprint density at radius 3 is 2.00 bits per heavy atom. The number of rotatable bonds is 4. The van der Waals surface area contributed by atoms with Crippen LogP contribution >= 0.6 is 0 Å². The second kappa shape index (κ2) is 9.80. The Labute approximate surface area is 239 Å². The summed E-state index contributed by atoms with van der Waals surface area (Å²) in [5, 5.41) is 0. The molecule has 0 bridgehead atoms. The van der Waals surface area contributed by atoms with Crippen molar-refractivity contribution in [3.63, 3.8) is 0 Å². The van der Waals surface area contributed by atoms with Crippen LogP contribution in [0.5, 0.6) is 0 Å². The number of hydrogen-bond donors (Lipinski definition) is 2. The molecule has 3 aromatic heterocycles. The minimum Gasteiger partial charge on any atom is -0.456 e. The molecule has 2 aliphatic rings. The Morgan fingerprint density at radius 1 is 0.878 bits per heavy atom. The predicted molar refractivity (Wildman–Crippen MR) is 161 cm³/mol. The van der Waals surface area contributed by atoms with Crippen molar-refractivity contribution in [3.8, 4) is 22.6 Å². The molecule has 1 amide bonds. The summed E-state index contributed by atoms with van der Waals surface area (Å²) in [4.78, 5) is 33.7. The van der Waals surface area contributed by atoms with Crippen LogP contribution in [-0.4, -0.2) is 62.4 Å². The van der Waals surface area contributed by atoms with Crippen LogP contribution in [0.2, 0.25) is 0 Å². The number of furan rings is 1. The number of nitrogens with zero attached hydrogens (tertiary/aromatic N) is 4. The van der Waals surface area contributed by atoms with E-state index >= 15 is 0 Å². The molecular weight excluding hydrogens is 515 g/mol. The molecule has 9 nitrogen and oxygen atoms in total. The number of benzene rings is 2. The fourth-order valence-electron chi connectivity index (χ4n) is 6.17. The van der Waals surface area contributed by atoms with Crippen LogP contribution in [0.25, 0.3) is 44.7 Å². The Morgan fingerprint density at radius 2 is 1.44 bits per heavy atom. The third-order valence-corrected chi connectivity index (χ3v) is 8.21. The van der Waals surface area contributed by atoms with Gasteiger partial charge in [0, 0.05) is 17.7 Å². The number of amides is 1. The summed E-state index contributed by atoms with van der Waals surface area (Å²) in [6, 6.07) is 16.6. The maximum absolute atomic E-state index is 12.8. The average Bonchev–Trinajstić information content (AvgIpc) is 3.74. The summed E-state index contributed by atoms with van der Waals surface area (Å²) in [5.74, 6) is 3.42. The first kappa shape index (κ1) is 25.9. The van der Waals surface area contributed by atoms with Crippen LogP contribution in [0.3, 0.4) is 0 Å². The fourth-order valence-corrected chi connectivity index (χ4v) is 6.17. The van der Waals surface area contributed by atoms with Crippen LogP contribution in [0.15, 0.2) is 52.9 Å². The molecular formula is C31H35BN6O3. The van der Waals surface area contributed by atoms with E-state index in [0.717, 1.165) is 82.2 Å². The lowest BCUT2D eigenvalue weighted by atomic mass is 10.1. The zero-order valence-corrected chi connectivity index (χ0v) is 24.0. The van der Waals surface area contributed by atoms with E-state index in [2.05, 4.69) is 47.0 Å². The van der Waals surface area contributed by atoms with Gasteiger partial charge in [-0.1, -0.05) is 0 Å². The molecule has 210 valence electrons. The minimum absolute atomic E-state index is 0.122. The molecule has 0 saturated carbocycles. The molecule has 0 unspecified atom stereocenters. The molecule has 2 fully saturated rings. The molecule has 41 heavy (non-hydrogen) atoms. The van der Waals surface area contributed by atoms with E-state index in [-0.39, 0.29) is 12.1 Å². The smallest absolute Gasteiger partial charge is 0.410 e. The highest BCUT2D eigenvalue weighted by Gasteiger charge is 2.35. The van der Waals surface area contributed by atoms with E-state index in [4.69, 9.17) is 19.1 Å². The maximum Gasteiger partial charge on any atom is 0.410 e. The summed E-state index contributed by atoms with van der Waals surface area (Å²) in [6.45, 7) is 7.44. The lowest BCUT2D eigenvalue weighted by Crippen LogP contribution is -2.36. The third kappa shape index (κ3) is 4.90. The molecule has 5 aromatic rings. The van der Waals surface area contributed by atoms with Crippen molar-refractivity contribution in [2.45, 2.75) is 64.1 Å². The monoisotopic (exact) mass is 550 g/mol. The number of aromatic nitrogens is 4. The molecule has 0 radical (unpaired) electrons. The van der Waals surface area contributed by atoms with Crippen molar-refractivity contribution < 1.29 is 13.9 Å². The van der Waals surface area contributed by atoms with Crippen molar-refractivity contribution in [2.24, 2.45) is 0 Å². The summed E-state index contributed by atoms with van der Waals surface area (Å²) in [7, 11) is 2.16.